The van der Waals surface area contributed by atoms with Gasteiger partial charge in [0.25, 0.3) is 11.6 Å². The third kappa shape index (κ3) is 4.95. The highest BCUT2D eigenvalue weighted by Crippen LogP contribution is 2.22. The van der Waals surface area contributed by atoms with Gasteiger partial charge in [0, 0.05) is 43.1 Å². The number of benzene rings is 2. The molecule has 0 bridgehead atoms. The number of hydrogen-bond donors (Lipinski definition) is 3. The molecule has 0 aliphatic carbocycles. The molecule has 2 aromatic rings. The molecule has 7 heteroatoms. The maximum atomic E-state index is 12.6. The molecule has 1 unspecified atom stereocenters. The molecule has 0 aromatic heterocycles. The van der Waals surface area contributed by atoms with Crippen LogP contribution in [0.1, 0.15) is 24.2 Å². The number of non-ortho nitro benzene ring substituents is 1. The van der Waals surface area contributed by atoms with Crippen LogP contribution in [0.5, 0.6) is 0 Å². The van der Waals surface area contributed by atoms with Gasteiger partial charge in [-0.2, -0.15) is 0 Å². The van der Waals surface area contributed by atoms with E-state index in [0.717, 1.165) is 5.69 Å². The number of anilines is 2. The highest BCUT2D eigenvalue weighted by molar-refractivity contribution is 6.00. The van der Waals surface area contributed by atoms with Crippen LogP contribution in [0.4, 0.5) is 17.1 Å². The van der Waals surface area contributed by atoms with Crippen LogP contribution in [0.25, 0.3) is 0 Å². The van der Waals surface area contributed by atoms with Gasteiger partial charge in [-0.05, 0) is 24.1 Å². The number of carbonyl (C=O) groups excluding carboxylic acids is 1. The largest absolute Gasteiger partial charge is 0.387 e. The van der Waals surface area contributed by atoms with E-state index in [-0.39, 0.29) is 29.1 Å². The lowest BCUT2D eigenvalue weighted by Gasteiger charge is -2.24. The Balaban J connectivity index is 2.10. The first-order valence-corrected chi connectivity index (χ1v) is 8.48. The van der Waals surface area contributed by atoms with E-state index in [1.54, 1.807) is 7.05 Å². The summed E-state index contributed by atoms with van der Waals surface area (Å²) >= 11 is 0. The van der Waals surface area contributed by atoms with E-state index in [4.69, 9.17) is 0 Å². The van der Waals surface area contributed by atoms with Crippen molar-refractivity contribution < 1.29 is 9.72 Å². The number of nitro benzene ring substituents is 1. The molecular formula is C19H24N4O3. The minimum Gasteiger partial charge on any atom is -0.387 e. The summed E-state index contributed by atoms with van der Waals surface area (Å²) in [5.41, 5.74) is 1.66. The molecule has 0 aliphatic rings. The molecule has 1 atom stereocenters. The van der Waals surface area contributed by atoms with Gasteiger partial charge < -0.3 is 16.0 Å². The van der Waals surface area contributed by atoms with Crippen LogP contribution in [0.2, 0.25) is 0 Å². The summed E-state index contributed by atoms with van der Waals surface area (Å²) in [5.74, 6) is -0.0667. The van der Waals surface area contributed by atoms with E-state index in [9.17, 15) is 14.9 Å². The molecule has 0 fully saturated rings. The van der Waals surface area contributed by atoms with Gasteiger partial charge in [0.05, 0.1) is 10.5 Å². The second kappa shape index (κ2) is 8.84. The van der Waals surface area contributed by atoms with Crippen molar-refractivity contribution in [3.8, 4) is 0 Å². The van der Waals surface area contributed by atoms with Crippen molar-refractivity contribution in [1.29, 1.82) is 0 Å². The van der Waals surface area contributed by atoms with E-state index in [1.807, 2.05) is 30.3 Å². The highest BCUT2D eigenvalue weighted by atomic mass is 16.6. The minimum atomic E-state index is -0.510. The van der Waals surface area contributed by atoms with E-state index in [2.05, 4.69) is 29.8 Å². The Morgan fingerprint density at radius 1 is 1.15 bits per heavy atom. The van der Waals surface area contributed by atoms with Gasteiger partial charge >= 0.3 is 0 Å². The Labute approximate surface area is 153 Å². The molecule has 0 spiro atoms. The molecule has 0 aliphatic heterocycles. The Kier molecular flexibility index (Phi) is 6.54. The predicted molar refractivity (Wildman–Crippen MR) is 104 cm³/mol. The van der Waals surface area contributed by atoms with Crippen molar-refractivity contribution in [3.05, 3.63) is 64.2 Å². The molecule has 26 heavy (non-hydrogen) atoms. The molecule has 0 saturated heterocycles. The molecule has 0 radical (unpaired) electrons. The smallest absolute Gasteiger partial charge is 0.270 e. The van der Waals surface area contributed by atoms with Crippen LogP contribution in [-0.4, -0.2) is 30.5 Å². The number of amides is 1. The Morgan fingerprint density at radius 2 is 1.85 bits per heavy atom. The number of hydrogen-bond acceptors (Lipinski definition) is 5. The van der Waals surface area contributed by atoms with Crippen LogP contribution in [0.15, 0.2) is 48.5 Å². The lowest BCUT2D eigenvalue weighted by Crippen LogP contribution is -2.39. The monoisotopic (exact) mass is 356 g/mol. The number of para-hydroxylation sites is 1. The first-order chi connectivity index (χ1) is 12.4. The Hall–Kier alpha value is -3.09. The van der Waals surface area contributed by atoms with Crippen LogP contribution >= 0.6 is 0 Å². The van der Waals surface area contributed by atoms with Gasteiger partial charge in [0.15, 0.2) is 0 Å². The summed E-state index contributed by atoms with van der Waals surface area (Å²) < 4.78 is 0. The summed E-state index contributed by atoms with van der Waals surface area (Å²) in [7, 11) is 1.67. The summed E-state index contributed by atoms with van der Waals surface area (Å²) in [5, 5.41) is 20.2. The number of nitro groups is 1. The molecule has 1 amide bonds. The molecule has 2 rings (SSSR count). The maximum absolute atomic E-state index is 12.6. The fraction of sp³-hybridized carbons (Fsp3) is 0.316. The number of nitrogens with zero attached hydrogens (tertiary/aromatic N) is 1. The first kappa shape index (κ1) is 19.2. The zero-order valence-electron chi connectivity index (χ0n) is 15.2. The normalized spacial score (nSPS) is 11.7. The summed E-state index contributed by atoms with van der Waals surface area (Å²) in [6.07, 6.45) is 0. The fourth-order valence-electron chi connectivity index (χ4n) is 2.55. The van der Waals surface area contributed by atoms with Gasteiger partial charge in [-0.15, -0.1) is 0 Å². The van der Waals surface area contributed by atoms with E-state index < -0.39 is 4.92 Å². The van der Waals surface area contributed by atoms with E-state index in [0.29, 0.717) is 12.2 Å². The van der Waals surface area contributed by atoms with Crippen LogP contribution < -0.4 is 16.0 Å². The quantitative estimate of drug-likeness (QED) is 0.497. The standard InChI is InChI=1S/C19H24N4O3/c1-13(2)18(22-14-7-5-4-6-8-14)12-21-19(24)16-11-15(23(25)26)9-10-17(16)20-3/h4-11,13,18,20,22H,12H2,1-3H3,(H,21,24). The third-order valence-electron chi connectivity index (χ3n) is 4.14. The molecule has 138 valence electrons. The van der Waals surface area contributed by atoms with Crippen LogP contribution in [0, 0.1) is 16.0 Å². The summed E-state index contributed by atoms with van der Waals surface area (Å²) in [4.78, 5) is 23.0. The minimum absolute atomic E-state index is 0.0260. The van der Waals surface area contributed by atoms with Crippen LogP contribution in [0.3, 0.4) is 0 Å². The number of carbonyl (C=O) groups is 1. The lowest BCUT2D eigenvalue weighted by atomic mass is 10.0. The fourth-order valence-corrected chi connectivity index (χ4v) is 2.55. The zero-order valence-corrected chi connectivity index (χ0v) is 15.2. The maximum Gasteiger partial charge on any atom is 0.270 e. The average molecular weight is 356 g/mol. The molecule has 0 saturated carbocycles. The molecule has 2 aromatic carbocycles. The second-order valence-electron chi connectivity index (χ2n) is 6.31. The summed E-state index contributed by atoms with van der Waals surface area (Å²) in [6, 6.07) is 14.0. The Bertz CT molecular complexity index is 763. The average Bonchev–Trinajstić information content (AvgIpc) is 2.64. The van der Waals surface area contributed by atoms with Crippen molar-refractivity contribution in [3.63, 3.8) is 0 Å². The highest BCUT2D eigenvalue weighted by Gasteiger charge is 2.19. The topological polar surface area (TPSA) is 96.3 Å². The predicted octanol–water partition coefficient (Wildman–Crippen LogP) is 3.50. The van der Waals surface area contributed by atoms with E-state index in [1.165, 1.54) is 18.2 Å². The zero-order chi connectivity index (χ0) is 19.1. The van der Waals surface area contributed by atoms with Gasteiger partial charge in [0.1, 0.15) is 0 Å². The van der Waals surface area contributed by atoms with Crippen LogP contribution in [-0.2, 0) is 0 Å². The Morgan fingerprint density at radius 3 is 2.42 bits per heavy atom. The summed E-state index contributed by atoms with van der Waals surface area (Å²) in [6.45, 7) is 4.54. The van der Waals surface area contributed by atoms with Crippen molar-refractivity contribution in [2.24, 2.45) is 5.92 Å². The molecule has 0 heterocycles. The first-order valence-electron chi connectivity index (χ1n) is 8.48. The van der Waals surface area contributed by atoms with Gasteiger partial charge in [-0.3, -0.25) is 14.9 Å². The SMILES string of the molecule is CNc1ccc([N+](=O)[O-])cc1C(=O)NCC(Nc1ccccc1)C(C)C. The van der Waals surface area contributed by atoms with E-state index >= 15 is 0 Å². The second-order valence-corrected chi connectivity index (χ2v) is 6.31. The van der Waals surface area contributed by atoms with Gasteiger partial charge in [-0.1, -0.05) is 32.0 Å². The van der Waals surface area contributed by atoms with Crippen molar-refractivity contribution in [2.75, 3.05) is 24.2 Å². The molecular weight excluding hydrogens is 332 g/mol. The van der Waals surface area contributed by atoms with Crippen molar-refractivity contribution in [2.45, 2.75) is 19.9 Å². The molecule has 7 nitrogen and oxygen atoms in total. The third-order valence-corrected chi connectivity index (χ3v) is 4.14. The number of rotatable bonds is 8. The van der Waals surface area contributed by atoms with Crippen molar-refractivity contribution >= 4 is 23.0 Å². The van der Waals surface area contributed by atoms with Gasteiger partial charge in [-0.25, -0.2) is 0 Å². The number of nitrogens with one attached hydrogen (secondary N) is 3. The van der Waals surface area contributed by atoms with Crippen molar-refractivity contribution in [1.82, 2.24) is 5.32 Å². The van der Waals surface area contributed by atoms with Gasteiger partial charge in [0.2, 0.25) is 0 Å². The molecule has 3 N–H and O–H groups in total. The lowest BCUT2D eigenvalue weighted by molar-refractivity contribution is -0.384.